The smallest absolute Gasteiger partial charge is 0.236 e. The zero-order valence-electron chi connectivity index (χ0n) is 10.2. The second kappa shape index (κ2) is 5.60. The van der Waals surface area contributed by atoms with E-state index in [9.17, 15) is 9.59 Å². The average Bonchev–Trinajstić information content (AvgIpc) is 2.33. The lowest BCUT2D eigenvalue weighted by molar-refractivity contribution is -0.135. The Morgan fingerprint density at radius 1 is 1.18 bits per heavy atom. The standard InChI is InChI=1S/C12H21N3O2/c13-10-1-7-15(8-2-10)12(17)9-14-5-3-11(16)4-6-14/h10H,1-9,13H2. The van der Waals surface area contributed by atoms with Gasteiger partial charge >= 0.3 is 0 Å². The van der Waals surface area contributed by atoms with E-state index in [0.29, 0.717) is 25.2 Å². The van der Waals surface area contributed by atoms with Crippen LogP contribution in [0.5, 0.6) is 0 Å². The number of rotatable bonds is 2. The first kappa shape index (κ1) is 12.5. The molecular formula is C12H21N3O2. The number of Topliss-reactive ketones (excluding diaryl/α,β-unsaturated/α-hetero) is 1. The summed E-state index contributed by atoms with van der Waals surface area (Å²) in [5, 5.41) is 0. The van der Waals surface area contributed by atoms with Gasteiger partial charge in [0.05, 0.1) is 6.54 Å². The Hall–Kier alpha value is -0.940. The van der Waals surface area contributed by atoms with E-state index >= 15 is 0 Å². The van der Waals surface area contributed by atoms with Gasteiger partial charge in [-0.25, -0.2) is 0 Å². The highest BCUT2D eigenvalue weighted by Crippen LogP contribution is 2.10. The highest BCUT2D eigenvalue weighted by atomic mass is 16.2. The maximum absolute atomic E-state index is 12.0. The summed E-state index contributed by atoms with van der Waals surface area (Å²) in [7, 11) is 0. The van der Waals surface area contributed by atoms with E-state index in [1.54, 1.807) is 0 Å². The largest absolute Gasteiger partial charge is 0.341 e. The van der Waals surface area contributed by atoms with Crippen LogP contribution in [0.4, 0.5) is 0 Å². The minimum atomic E-state index is 0.186. The number of carbonyl (C=O) groups excluding carboxylic acids is 2. The zero-order chi connectivity index (χ0) is 12.3. The maximum Gasteiger partial charge on any atom is 0.236 e. The van der Waals surface area contributed by atoms with Crippen LogP contribution in [0.2, 0.25) is 0 Å². The molecule has 0 radical (unpaired) electrons. The van der Waals surface area contributed by atoms with E-state index in [-0.39, 0.29) is 11.9 Å². The van der Waals surface area contributed by atoms with Crippen LogP contribution in [-0.2, 0) is 9.59 Å². The fraction of sp³-hybridized carbons (Fsp3) is 0.833. The lowest BCUT2D eigenvalue weighted by Gasteiger charge is -2.33. The third-order valence-corrected chi connectivity index (χ3v) is 3.66. The molecule has 2 fully saturated rings. The molecule has 0 aromatic rings. The molecular weight excluding hydrogens is 218 g/mol. The molecule has 2 N–H and O–H groups in total. The topological polar surface area (TPSA) is 66.6 Å². The van der Waals surface area contributed by atoms with Gasteiger partial charge in [-0.1, -0.05) is 0 Å². The molecule has 96 valence electrons. The monoisotopic (exact) mass is 239 g/mol. The van der Waals surface area contributed by atoms with Crippen LogP contribution in [-0.4, -0.2) is 60.3 Å². The van der Waals surface area contributed by atoms with Crippen LogP contribution in [0, 0.1) is 0 Å². The second-order valence-electron chi connectivity index (χ2n) is 5.03. The summed E-state index contributed by atoms with van der Waals surface area (Å²) in [4.78, 5) is 27.1. The number of hydrogen-bond acceptors (Lipinski definition) is 4. The van der Waals surface area contributed by atoms with Crippen LogP contribution >= 0.6 is 0 Å². The molecule has 2 aliphatic heterocycles. The number of amides is 1. The van der Waals surface area contributed by atoms with Crippen molar-refractivity contribution in [2.24, 2.45) is 5.73 Å². The predicted octanol–water partition coefficient (Wildman–Crippen LogP) is -0.399. The molecule has 0 aromatic heterocycles. The molecule has 2 saturated heterocycles. The summed E-state index contributed by atoms with van der Waals surface area (Å²) < 4.78 is 0. The van der Waals surface area contributed by atoms with E-state index in [2.05, 4.69) is 4.90 Å². The van der Waals surface area contributed by atoms with Gasteiger partial charge in [0.1, 0.15) is 5.78 Å². The zero-order valence-corrected chi connectivity index (χ0v) is 10.2. The second-order valence-corrected chi connectivity index (χ2v) is 5.03. The number of nitrogens with two attached hydrogens (primary N) is 1. The Labute approximate surface area is 102 Å². The fourth-order valence-corrected chi connectivity index (χ4v) is 2.40. The van der Waals surface area contributed by atoms with Gasteiger partial charge < -0.3 is 10.6 Å². The van der Waals surface area contributed by atoms with Gasteiger partial charge in [-0.3, -0.25) is 14.5 Å². The molecule has 0 atom stereocenters. The Balaban J connectivity index is 1.75. The molecule has 2 heterocycles. The Morgan fingerprint density at radius 3 is 2.35 bits per heavy atom. The molecule has 0 aliphatic carbocycles. The van der Waals surface area contributed by atoms with Crippen molar-refractivity contribution in [1.29, 1.82) is 0 Å². The molecule has 5 nitrogen and oxygen atoms in total. The molecule has 2 rings (SSSR count). The third kappa shape index (κ3) is 3.51. The van der Waals surface area contributed by atoms with Crippen LogP contribution in [0.15, 0.2) is 0 Å². The first-order valence-electron chi connectivity index (χ1n) is 6.42. The number of hydrogen-bond donors (Lipinski definition) is 1. The average molecular weight is 239 g/mol. The number of piperidine rings is 2. The number of ketones is 1. The number of carbonyl (C=O) groups is 2. The van der Waals surface area contributed by atoms with Crippen LogP contribution < -0.4 is 5.73 Å². The molecule has 0 bridgehead atoms. The summed E-state index contributed by atoms with van der Waals surface area (Å²) in [6, 6.07) is 0.256. The van der Waals surface area contributed by atoms with Crippen LogP contribution in [0.3, 0.4) is 0 Å². The minimum absolute atomic E-state index is 0.186. The first-order valence-corrected chi connectivity index (χ1v) is 6.42. The van der Waals surface area contributed by atoms with Crippen molar-refractivity contribution in [3.63, 3.8) is 0 Å². The summed E-state index contributed by atoms with van der Waals surface area (Å²) in [6.07, 6.45) is 3.00. The molecule has 0 saturated carbocycles. The summed E-state index contributed by atoms with van der Waals surface area (Å²) in [6.45, 7) is 3.50. The summed E-state index contributed by atoms with van der Waals surface area (Å²) >= 11 is 0. The van der Waals surface area contributed by atoms with Crippen LogP contribution in [0.1, 0.15) is 25.7 Å². The van der Waals surface area contributed by atoms with Gasteiger partial charge in [-0.2, -0.15) is 0 Å². The lowest BCUT2D eigenvalue weighted by atomic mass is 10.1. The quantitative estimate of drug-likeness (QED) is 0.712. The van der Waals surface area contributed by atoms with Crippen molar-refractivity contribution in [2.45, 2.75) is 31.7 Å². The van der Waals surface area contributed by atoms with Gasteiger partial charge in [0.25, 0.3) is 0 Å². The normalized spacial score (nSPS) is 24.1. The Bertz CT molecular complexity index is 288. The van der Waals surface area contributed by atoms with Gasteiger partial charge in [-0.15, -0.1) is 0 Å². The van der Waals surface area contributed by atoms with E-state index in [4.69, 9.17) is 5.73 Å². The van der Waals surface area contributed by atoms with Crippen molar-refractivity contribution in [3.8, 4) is 0 Å². The highest BCUT2D eigenvalue weighted by molar-refractivity contribution is 5.81. The fourth-order valence-electron chi connectivity index (χ4n) is 2.40. The van der Waals surface area contributed by atoms with Gasteiger partial charge in [-0.05, 0) is 12.8 Å². The van der Waals surface area contributed by atoms with E-state index in [1.165, 1.54) is 0 Å². The molecule has 17 heavy (non-hydrogen) atoms. The molecule has 0 aromatic carbocycles. The molecule has 0 spiro atoms. The van der Waals surface area contributed by atoms with Crippen molar-refractivity contribution in [2.75, 3.05) is 32.7 Å². The summed E-state index contributed by atoms with van der Waals surface area (Å²) in [5.41, 5.74) is 5.81. The van der Waals surface area contributed by atoms with Gasteiger partial charge in [0, 0.05) is 45.1 Å². The molecule has 1 amide bonds. The highest BCUT2D eigenvalue weighted by Gasteiger charge is 2.24. The van der Waals surface area contributed by atoms with Crippen molar-refractivity contribution in [1.82, 2.24) is 9.80 Å². The SMILES string of the molecule is NC1CCN(C(=O)CN2CCC(=O)CC2)CC1. The Kier molecular flexibility index (Phi) is 4.12. The van der Waals surface area contributed by atoms with E-state index in [0.717, 1.165) is 39.0 Å². The summed E-state index contributed by atoms with van der Waals surface area (Å²) in [5.74, 6) is 0.504. The van der Waals surface area contributed by atoms with Crippen LogP contribution in [0.25, 0.3) is 0 Å². The lowest BCUT2D eigenvalue weighted by Crippen LogP contribution is -2.48. The van der Waals surface area contributed by atoms with E-state index in [1.807, 2.05) is 4.90 Å². The van der Waals surface area contributed by atoms with Gasteiger partial charge in [0.2, 0.25) is 5.91 Å². The minimum Gasteiger partial charge on any atom is -0.341 e. The van der Waals surface area contributed by atoms with Gasteiger partial charge in [0.15, 0.2) is 0 Å². The maximum atomic E-state index is 12.0. The molecule has 2 aliphatic rings. The first-order chi connectivity index (χ1) is 8.15. The van der Waals surface area contributed by atoms with Crippen molar-refractivity contribution < 1.29 is 9.59 Å². The third-order valence-electron chi connectivity index (χ3n) is 3.66. The van der Waals surface area contributed by atoms with Crippen molar-refractivity contribution >= 4 is 11.7 Å². The molecule has 0 unspecified atom stereocenters. The van der Waals surface area contributed by atoms with E-state index < -0.39 is 0 Å². The van der Waals surface area contributed by atoms with Crippen molar-refractivity contribution in [3.05, 3.63) is 0 Å². The number of likely N-dealkylation sites (tertiary alicyclic amines) is 2. The molecule has 5 heteroatoms. The Morgan fingerprint density at radius 2 is 1.76 bits per heavy atom. The number of nitrogens with zero attached hydrogens (tertiary/aromatic N) is 2. The predicted molar refractivity (Wildman–Crippen MR) is 64.5 cm³/mol.